The Labute approximate surface area is 132 Å². The van der Waals surface area contributed by atoms with Gasteiger partial charge in [-0.15, -0.1) is 0 Å². The normalized spacial score (nSPS) is 20.7. The third-order valence-corrected chi connectivity index (χ3v) is 4.41. The van der Waals surface area contributed by atoms with Crippen LogP contribution >= 0.6 is 0 Å². The highest BCUT2D eigenvalue weighted by Gasteiger charge is 2.35. The van der Waals surface area contributed by atoms with E-state index in [1.165, 1.54) is 0 Å². The minimum Gasteiger partial charge on any atom is -0.387 e. The summed E-state index contributed by atoms with van der Waals surface area (Å²) in [5.41, 5.74) is 0.306. The molecular formula is C17H19F3N2O. The summed E-state index contributed by atoms with van der Waals surface area (Å²) in [4.78, 5) is 3.78. The highest BCUT2D eigenvalue weighted by atomic mass is 19.4. The zero-order valence-electron chi connectivity index (χ0n) is 12.8. The highest BCUT2D eigenvalue weighted by molar-refractivity contribution is 5.85. The Morgan fingerprint density at radius 2 is 2.09 bits per heavy atom. The van der Waals surface area contributed by atoms with Gasteiger partial charge in [0.2, 0.25) is 0 Å². The number of aryl methyl sites for hydroxylation is 1. The fourth-order valence-electron chi connectivity index (χ4n) is 3.17. The molecule has 0 spiro atoms. The maximum absolute atomic E-state index is 13.2. The Bertz CT molecular complexity index is 709. The molecule has 0 radical (unpaired) electrons. The minimum absolute atomic E-state index is 0.226. The molecule has 6 heteroatoms. The Morgan fingerprint density at radius 3 is 2.74 bits per heavy atom. The van der Waals surface area contributed by atoms with Gasteiger partial charge in [0, 0.05) is 11.4 Å². The number of halogens is 3. The van der Waals surface area contributed by atoms with Crippen LogP contribution in [-0.4, -0.2) is 22.7 Å². The summed E-state index contributed by atoms with van der Waals surface area (Å²) in [6.07, 6.45) is -2.79. The van der Waals surface area contributed by atoms with Crippen LogP contribution in [0.25, 0.3) is 10.9 Å². The van der Waals surface area contributed by atoms with Crippen LogP contribution in [0, 0.1) is 6.92 Å². The molecule has 1 aromatic heterocycles. The first-order chi connectivity index (χ1) is 10.9. The van der Waals surface area contributed by atoms with Crippen molar-refractivity contribution in [3.05, 3.63) is 41.1 Å². The lowest BCUT2D eigenvalue weighted by atomic mass is 9.92. The van der Waals surface area contributed by atoms with E-state index in [1.54, 1.807) is 25.1 Å². The number of aliphatic hydroxyl groups excluding tert-OH is 1. The maximum Gasteiger partial charge on any atom is 0.433 e. The molecule has 3 rings (SSSR count). The van der Waals surface area contributed by atoms with Gasteiger partial charge in [-0.2, -0.15) is 13.2 Å². The van der Waals surface area contributed by atoms with Gasteiger partial charge in [-0.1, -0.05) is 24.6 Å². The quantitative estimate of drug-likeness (QED) is 0.884. The van der Waals surface area contributed by atoms with E-state index in [0.717, 1.165) is 31.9 Å². The first-order valence-electron chi connectivity index (χ1n) is 7.77. The minimum atomic E-state index is -4.54. The number of hydrogen-bond donors (Lipinski definition) is 2. The van der Waals surface area contributed by atoms with Crippen LogP contribution in [0.1, 0.15) is 42.2 Å². The van der Waals surface area contributed by atoms with E-state index in [4.69, 9.17) is 0 Å². The van der Waals surface area contributed by atoms with Crippen molar-refractivity contribution in [1.82, 2.24) is 10.3 Å². The Morgan fingerprint density at radius 1 is 1.30 bits per heavy atom. The highest BCUT2D eigenvalue weighted by Crippen LogP contribution is 2.35. The number of rotatable bonds is 2. The van der Waals surface area contributed by atoms with Gasteiger partial charge < -0.3 is 10.4 Å². The van der Waals surface area contributed by atoms with E-state index in [0.29, 0.717) is 22.0 Å². The zero-order chi connectivity index (χ0) is 16.6. The van der Waals surface area contributed by atoms with Crippen LogP contribution in [0.5, 0.6) is 0 Å². The second-order valence-corrected chi connectivity index (χ2v) is 6.07. The smallest absolute Gasteiger partial charge is 0.387 e. The number of aliphatic hydroxyl groups is 1. The van der Waals surface area contributed by atoms with Gasteiger partial charge in [-0.25, -0.2) is 4.98 Å². The van der Waals surface area contributed by atoms with E-state index in [9.17, 15) is 18.3 Å². The largest absolute Gasteiger partial charge is 0.433 e. The molecule has 2 aromatic rings. The molecule has 1 fully saturated rings. The molecule has 23 heavy (non-hydrogen) atoms. The molecule has 0 saturated carbocycles. The van der Waals surface area contributed by atoms with Crippen molar-refractivity contribution in [2.24, 2.45) is 0 Å². The molecule has 2 heterocycles. The van der Waals surface area contributed by atoms with Gasteiger partial charge in [0.1, 0.15) is 5.69 Å². The summed E-state index contributed by atoms with van der Waals surface area (Å²) >= 11 is 0. The molecule has 124 valence electrons. The number of piperidine rings is 1. The lowest BCUT2D eigenvalue weighted by molar-refractivity contribution is -0.141. The van der Waals surface area contributed by atoms with Gasteiger partial charge in [0.15, 0.2) is 0 Å². The lowest BCUT2D eigenvalue weighted by Crippen LogP contribution is -2.39. The average molecular weight is 324 g/mol. The molecule has 0 bridgehead atoms. The first kappa shape index (κ1) is 16.2. The van der Waals surface area contributed by atoms with Crippen LogP contribution in [-0.2, 0) is 6.18 Å². The van der Waals surface area contributed by atoms with Crippen LogP contribution < -0.4 is 5.32 Å². The maximum atomic E-state index is 13.2. The fraction of sp³-hybridized carbons (Fsp3) is 0.471. The number of alkyl halides is 3. The number of nitrogens with one attached hydrogen (secondary N) is 1. The molecule has 1 aliphatic heterocycles. The summed E-state index contributed by atoms with van der Waals surface area (Å²) in [5.74, 6) is 0. The van der Waals surface area contributed by atoms with Crippen molar-refractivity contribution in [3.63, 3.8) is 0 Å². The van der Waals surface area contributed by atoms with Gasteiger partial charge in [0.25, 0.3) is 0 Å². The van der Waals surface area contributed by atoms with Crippen LogP contribution in [0.3, 0.4) is 0 Å². The fourth-order valence-corrected chi connectivity index (χ4v) is 3.17. The van der Waals surface area contributed by atoms with E-state index < -0.39 is 18.0 Å². The van der Waals surface area contributed by atoms with Gasteiger partial charge in [-0.3, -0.25) is 0 Å². The Balaban J connectivity index is 2.15. The third-order valence-electron chi connectivity index (χ3n) is 4.41. The lowest BCUT2D eigenvalue weighted by Gasteiger charge is -2.29. The van der Waals surface area contributed by atoms with Crippen LogP contribution in [0.4, 0.5) is 13.2 Å². The predicted molar refractivity (Wildman–Crippen MR) is 82.1 cm³/mol. The van der Waals surface area contributed by atoms with Crippen molar-refractivity contribution in [2.45, 2.75) is 44.5 Å². The molecule has 1 aliphatic rings. The number of nitrogens with zero attached hydrogens (tertiary/aromatic N) is 1. The van der Waals surface area contributed by atoms with Crippen molar-refractivity contribution >= 4 is 10.9 Å². The third kappa shape index (κ3) is 3.19. The van der Waals surface area contributed by atoms with Crippen molar-refractivity contribution in [2.75, 3.05) is 6.54 Å². The molecule has 0 amide bonds. The molecule has 2 atom stereocenters. The molecule has 3 nitrogen and oxygen atoms in total. The topological polar surface area (TPSA) is 45.1 Å². The second-order valence-electron chi connectivity index (χ2n) is 6.07. The number of aromatic nitrogens is 1. The van der Waals surface area contributed by atoms with E-state index in [1.807, 2.05) is 0 Å². The number of fused-ring (bicyclic) bond motifs is 1. The Kier molecular flexibility index (Phi) is 4.29. The number of pyridine rings is 1. The van der Waals surface area contributed by atoms with E-state index in [-0.39, 0.29) is 6.04 Å². The average Bonchev–Trinajstić information content (AvgIpc) is 2.54. The van der Waals surface area contributed by atoms with Gasteiger partial charge >= 0.3 is 6.18 Å². The number of benzene rings is 1. The summed E-state index contributed by atoms with van der Waals surface area (Å²) in [6, 6.07) is 5.98. The predicted octanol–water partition coefficient (Wildman–Crippen LogP) is 3.74. The van der Waals surface area contributed by atoms with Gasteiger partial charge in [0.05, 0.1) is 11.6 Å². The van der Waals surface area contributed by atoms with E-state index in [2.05, 4.69) is 10.3 Å². The molecule has 1 aromatic carbocycles. The molecule has 1 saturated heterocycles. The van der Waals surface area contributed by atoms with Crippen LogP contribution in [0.15, 0.2) is 24.3 Å². The molecule has 2 N–H and O–H groups in total. The van der Waals surface area contributed by atoms with Crippen molar-refractivity contribution in [1.29, 1.82) is 0 Å². The number of hydrogen-bond acceptors (Lipinski definition) is 3. The SMILES string of the molecule is Cc1cccc2c([C@@H](O)[C@H]3CCCCN3)cc(C(F)(F)F)nc12. The van der Waals surface area contributed by atoms with E-state index >= 15 is 0 Å². The van der Waals surface area contributed by atoms with Crippen molar-refractivity contribution < 1.29 is 18.3 Å². The van der Waals surface area contributed by atoms with Crippen molar-refractivity contribution in [3.8, 4) is 0 Å². The molecule has 0 aliphatic carbocycles. The molecule has 0 unspecified atom stereocenters. The second kappa shape index (κ2) is 6.09. The van der Waals surface area contributed by atoms with Crippen LogP contribution in [0.2, 0.25) is 0 Å². The zero-order valence-corrected chi connectivity index (χ0v) is 12.8. The number of para-hydroxylation sites is 1. The monoisotopic (exact) mass is 324 g/mol. The van der Waals surface area contributed by atoms with Gasteiger partial charge in [-0.05, 0) is 43.5 Å². The Hall–Kier alpha value is -1.66. The summed E-state index contributed by atoms with van der Waals surface area (Å²) < 4.78 is 39.5. The summed E-state index contributed by atoms with van der Waals surface area (Å²) in [6.45, 7) is 2.50. The summed E-state index contributed by atoms with van der Waals surface area (Å²) in [5, 5.41) is 14.5. The summed E-state index contributed by atoms with van der Waals surface area (Å²) in [7, 11) is 0. The standard InChI is InChI=1S/C17H19F3N2O/c1-10-5-4-6-11-12(16(23)13-7-2-3-8-21-13)9-14(17(18,19)20)22-15(10)11/h4-6,9,13,16,21,23H,2-3,7-8H2,1H3/t13-,16-/m1/s1. The molecular weight excluding hydrogens is 305 g/mol. The first-order valence-corrected chi connectivity index (χ1v) is 7.77.